The molecule has 0 saturated heterocycles. The van der Waals surface area contributed by atoms with E-state index in [0.717, 1.165) is 28.6 Å². The van der Waals surface area contributed by atoms with Gasteiger partial charge in [0, 0.05) is 33.6 Å². The van der Waals surface area contributed by atoms with Crippen molar-refractivity contribution in [1.29, 1.82) is 0 Å². The average molecular weight is 530 g/mol. The lowest BCUT2D eigenvalue weighted by atomic mass is 9.75. The molecule has 0 unspecified atom stereocenters. The van der Waals surface area contributed by atoms with Crippen LogP contribution in [-0.2, 0) is 5.41 Å². The first-order valence-corrected chi connectivity index (χ1v) is 14.1. The molecule has 0 N–H and O–H groups in total. The number of hydrogen-bond acceptors (Lipinski definition) is 2. The van der Waals surface area contributed by atoms with E-state index in [2.05, 4.69) is 164 Å². The van der Waals surface area contributed by atoms with Gasteiger partial charge in [-0.25, -0.2) is 0 Å². The lowest BCUT2D eigenvalue weighted by Crippen LogP contribution is -2.24. The van der Waals surface area contributed by atoms with E-state index in [1.165, 1.54) is 33.4 Å². The minimum absolute atomic E-state index is 0.194. The molecule has 0 spiro atoms. The molecule has 0 aromatic heterocycles. The molecule has 41 heavy (non-hydrogen) atoms. The summed E-state index contributed by atoms with van der Waals surface area (Å²) in [5, 5.41) is 0. The third-order valence-corrected chi connectivity index (χ3v) is 8.14. The number of rotatable bonds is 5. The van der Waals surface area contributed by atoms with Gasteiger partial charge in [0.15, 0.2) is 0 Å². The summed E-state index contributed by atoms with van der Waals surface area (Å²) in [5.41, 5.74) is 10.3. The predicted molar refractivity (Wildman–Crippen MR) is 171 cm³/mol. The normalized spacial score (nSPS) is 13.0. The van der Waals surface area contributed by atoms with Gasteiger partial charge in [-0.15, -0.1) is 0 Å². The zero-order chi connectivity index (χ0) is 27.8. The Hall–Kier alpha value is -5.08. The monoisotopic (exact) mass is 529 g/mol. The molecule has 6 aromatic rings. The summed E-state index contributed by atoms with van der Waals surface area (Å²) in [6.45, 7) is 4.56. The first-order chi connectivity index (χ1) is 20.1. The Morgan fingerprint density at radius 1 is 0.415 bits per heavy atom. The average Bonchev–Trinajstić information content (AvgIpc) is 3.03. The molecule has 2 heteroatoms. The zero-order valence-electron chi connectivity index (χ0n) is 23.3. The fraction of sp³-hybridized carbons (Fsp3) is 0.0769. The minimum atomic E-state index is -0.194. The molecule has 0 aliphatic carbocycles. The molecule has 0 bridgehead atoms. The maximum Gasteiger partial charge on any atom is 0.131 e. The topological polar surface area (TPSA) is 12.5 Å². The standard InChI is InChI=1S/C39H31NO/c1-39(2)35-15-9-10-16-37(35)41-38-26-25-34(27-36(38)39)40(32-21-17-30(18-22-32)28-11-5-3-6-12-28)33-23-19-31(20-24-33)29-13-7-4-8-14-29/h3-27H,1-2H3. The van der Waals surface area contributed by atoms with Crippen molar-refractivity contribution in [3.63, 3.8) is 0 Å². The Morgan fingerprint density at radius 3 is 1.41 bits per heavy atom. The van der Waals surface area contributed by atoms with Crippen LogP contribution < -0.4 is 9.64 Å². The Morgan fingerprint density at radius 2 is 0.854 bits per heavy atom. The summed E-state index contributed by atoms with van der Waals surface area (Å²) in [4.78, 5) is 2.33. The van der Waals surface area contributed by atoms with Crippen LogP contribution in [0.1, 0.15) is 25.0 Å². The molecule has 0 fully saturated rings. The maximum absolute atomic E-state index is 6.37. The molecule has 0 radical (unpaired) electrons. The van der Waals surface area contributed by atoms with Gasteiger partial charge in [0.1, 0.15) is 11.5 Å². The van der Waals surface area contributed by atoms with Gasteiger partial charge in [-0.3, -0.25) is 0 Å². The third-order valence-electron chi connectivity index (χ3n) is 8.14. The predicted octanol–water partition coefficient (Wildman–Crippen LogP) is 10.9. The molecule has 1 aliphatic rings. The smallest absolute Gasteiger partial charge is 0.131 e. The summed E-state index contributed by atoms with van der Waals surface area (Å²) >= 11 is 0. The van der Waals surface area contributed by atoms with Crippen LogP contribution >= 0.6 is 0 Å². The van der Waals surface area contributed by atoms with E-state index < -0.39 is 0 Å². The third kappa shape index (κ3) is 4.58. The zero-order valence-corrected chi connectivity index (χ0v) is 23.3. The quantitative estimate of drug-likeness (QED) is 0.220. The number of nitrogens with zero attached hydrogens (tertiary/aromatic N) is 1. The molecule has 0 saturated carbocycles. The Bertz CT molecular complexity index is 1720. The van der Waals surface area contributed by atoms with E-state index in [-0.39, 0.29) is 5.41 Å². The lowest BCUT2D eigenvalue weighted by Gasteiger charge is -2.36. The Balaban J connectivity index is 1.33. The van der Waals surface area contributed by atoms with E-state index in [9.17, 15) is 0 Å². The van der Waals surface area contributed by atoms with Gasteiger partial charge in [-0.2, -0.15) is 0 Å². The van der Waals surface area contributed by atoms with Gasteiger partial charge in [0.2, 0.25) is 0 Å². The van der Waals surface area contributed by atoms with E-state index in [1.807, 2.05) is 6.07 Å². The number of para-hydroxylation sites is 1. The van der Waals surface area contributed by atoms with Gasteiger partial charge in [0.05, 0.1) is 0 Å². The number of hydrogen-bond donors (Lipinski definition) is 0. The van der Waals surface area contributed by atoms with Crippen molar-refractivity contribution in [3.05, 3.63) is 163 Å². The van der Waals surface area contributed by atoms with Crippen LogP contribution in [0.25, 0.3) is 22.3 Å². The first kappa shape index (κ1) is 24.9. The molecular formula is C39H31NO. The largest absolute Gasteiger partial charge is 0.457 e. The van der Waals surface area contributed by atoms with Crippen molar-refractivity contribution >= 4 is 17.1 Å². The molecule has 198 valence electrons. The second-order valence-electron chi connectivity index (χ2n) is 11.1. The summed E-state index contributed by atoms with van der Waals surface area (Å²) < 4.78 is 6.37. The number of anilines is 3. The molecule has 0 amide bonds. The van der Waals surface area contributed by atoms with Crippen molar-refractivity contribution in [2.24, 2.45) is 0 Å². The summed E-state index contributed by atoms with van der Waals surface area (Å²) in [6, 6.07) is 53.7. The van der Waals surface area contributed by atoms with Crippen molar-refractivity contribution in [2.45, 2.75) is 19.3 Å². The number of benzene rings is 6. The van der Waals surface area contributed by atoms with Gasteiger partial charge in [-0.1, -0.05) is 117 Å². The fourth-order valence-corrected chi connectivity index (χ4v) is 5.88. The van der Waals surface area contributed by atoms with Crippen LogP contribution in [0.3, 0.4) is 0 Å². The Kier molecular flexibility index (Phi) is 6.17. The molecule has 1 heterocycles. The SMILES string of the molecule is CC1(C)c2ccccc2Oc2ccc(N(c3ccc(-c4ccccc4)cc3)c3ccc(-c4ccccc4)cc3)cc21. The van der Waals surface area contributed by atoms with Crippen LogP contribution in [0, 0.1) is 0 Å². The van der Waals surface area contributed by atoms with E-state index in [0.29, 0.717) is 0 Å². The van der Waals surface area contributed by atoms with Gasteiger partial charge < -0.3 is 9.64 Å². The first-order valence-electron chi connectivity index (χ1n) is 14.1. The van der Waals surface area contributed by atoms with Crippen LogP contribution in [0.5, 0.6) is 11.5 Å². The van der Waals surface area contributed by atoms with Crippen LogP contribution in [0.15, 0.2) is 152 Å². The van der Waals surface area contributed by atoms with Crippen LogP contribution in [0.4, 0.5) is 17.1 Å². The maximum atomic E-state index is 6.37. The lowest BCUT2D eigenvalue weighted by molar-refractivity contribution is 0.418. The van der Waals surface area contributed by atoms with Gasteiger partial charge in [-0.05, 0) is 70.8 Å². The molecule has 1 aliphatic heterocycles. The summed E-state index contributed by atoms with van der Waals surface area (Å²) in [6.07, 6.45) is 0. The van der Waals surface area contributed by atoms with Crippen LogP contribution in [-0.4, -0.2) is 0 Å². The van der Waals surface area contributed by atoms with Gasteiger partial charge in [0.25, 0.3) is 0 Å². The second-order valence-corrected chi connectivity index (χ2v) is 11.1. The van der Waals surface area contributed by atoms with Crippen LogP contribution in [0.2, 0.25) is 0 Å². The molecule has 0 atom stereocenters. The van der Waals surface area contributed by atoms with E-state index >= 15 is 0 Å². The van der Waals surface area contributed by atoms with Crippen molar-refractivity contribution < 1.29 is 4.74 Å². The van der Waals surface area contributed by atoms with Crippen molar-refractivity contribution in [3.8, 4) is 33.8 Å². The highest BCUT2D eigenvalue weighted by atomic mass is 16.5. The van der Waals surface area contributed by atoms with Crippen molar-refractivity contribution in [1.82, 2.24) is 0 Å². The highest BCUT2D eigenvalue weighted by molar-refractivity contribution is 5.81. The van der Waals surface area contributed by atoms with Gasteiger partial charge >= 0.3 is 0 Å². The Labute approximate surface area is 242 Å². The van der Waals surface area contributed by atoms with E-state index in [4.69, 9.17) is 4.74 Å². The molecule has 2 nitrogen and oxygen atoms in total. The molecule has 6 aromatic carbocycles. The highest BCUT2D eigenvalue weighted by Gasteiger charge is 2.34. The van der Waals surface area contributed by atoms with E-state index in [1.54, 1.807) is 0 Å². The minimum Gasteiger partial charge on any atom is -0.457 e. The molecule has 7 rings (SSSR count). The second kappa shape index (κ2) is 10.1. The molecular weight excluding hydrogens is 498 g/mol. The summed E-state index contributed by atoms with van der Waals surface area (Å²) in [7, 11) is 0. The number of fused-ring (bicyclic) bond motifs is 2. The fourth-order valence-electron chi connectivity index (χ4n) is 5.88. The highest BCUT2D eigenvalue weighted by Crippen LogP contribution is 2.49. The summed E-state index contributed by atoms with van der Waals surface area (Å²) in [5.74, 6) is 1.85. The number of ether oxygens (including phenoxy) is 1. The van der Waals surface area contributed by atoms with Crippen molar-refractivity contribution in [2.75, 3.05) is 4.90 Å².